The van der Waals surface area contributed by atoms with Gasteiger partial charge in [-0.25, -0.2) is 9.48 Å². The predicted molar refractivity (Wildman–Crippen MR) is 123 cm³/mol. The number of rotatable bonds is 7. The predicted octanol–water partition coefficient (Wildman–Crippen LogP) is 4.98. The van der Waals surface area contributed by atoms with Gasteiger partial charge in [-0.3, -0.25) is 0 Å². The zero-order chi connectivity index (χ0) is 21.8. The molecule has 31 heavy (non-hydrogen) atoms. The van der Waals surface area contributed by atoms with Crippen LogP contribution in [-0.4, -0.2) is 27.3 Å². The summed E-state index contributed by atoms with van der Waals surface area (Å²) in [6, 6.07) is 18.1. The maximum atomic E-state index is 12.9. The van der Waals surface area contributed by atoms with Gasteiger partial charge in [0.2, 0.25) is 11.1 Å². The van der Waals surface area contributed by atoms with Crippen LogP contribution in [0.1, 0.15) is 43.5 Å². The third-order valence-electron chi connectivity index (χ3n) is 5.24. The first kappa shape index (κ1) is 21.2. The number of esters is 1. The maximum absolute atomic E-state index is 12.9. The van der Waals surface area contributed by atoms with E-state index >= 15 is 0 Å². The van der Waals surface area contributed by atoms with Gasteiger partial charge in [-0.05, 0) is 37.0 Å². The van der Waals surface area contributed by atoms with Crippen LogP contribution in [0, 0.1) is 0 Å². The fourth-order valence-electron chi connectivity index (χ4n) is 3.63. The molecule has 1 atom stereocenters. The molecule has 1 unspecified atom stereocenters. The molecule has 0 saturated carbocycles. The zero-order valence-electron chi connectivity index (χ0n) is 18.0. The van der Waals surface area contributed by atoms with Crippen LogP contribution >= 0.6 is 11.8 Å². The summed E-state index contributed by atoms with van der Waals surface area (Å²) >= 11 is 1.57. The van der Waals surface area contributed by atoms with Crippen LogP contribution in [-0.2, 0) is 21.7 Å². The number of hydrogen-bond donors (Lipinski definition) is 1. The van der Waals surface area contributed by atoms with E-state index in [2.05, 4.69) is 53.6 Å². The molecule has 2 aromatic carbocycles. The highest BCUT2D eigenvalue weighted by Gasteiger charge is 2.35. The topological polar surface area (TPSA) is 69.0 Å². The van der Waals surface area contributed by atoms with Crippen molar-refractivity contribution in [2.45, 2.75) is 44.1 Å². The van der Waals surface area contributed by atoms with Crippen LogP contribution in [0.5, 0.6) is 0 Å². The van der Waals surface area contributed by atoms with E-state index in [1.165, 1.54) is 11.1 Å². The van der Waals surface area contributed by atoms with E-state index in [1.807, 2.05) is 32.0 Å². The van der Waals surface area contributed by atoms with Gasteiger partial charge in [-0.1, -0.05) is 73.3 Å². The average Bonchev–Trinajstić information content (AvgIpc) is 3.20. The van der Waals surface area contributed by atoms with E-state index < -0.39 is 0 Å². The molecule has 2 heterocycles. The first-order valence-corrected chi connectivity index (χ1v) is 11.5. The molecule has 1 N–H and O–H groups in total. The van der Waals surface area contributed by atoms with E-state index in [4.69, 9.17) is 9.84 Å². The Morgan fingerprint density at radius 3 is 2.52 bits per heavy atom. The summed E-state index contributed by atoms with van der Waals surface area (Å²) < 4.78 is 7.17. The zero-order valence-corrected chi connectivity index (χ0v) is 18.8. The van der Waals surface area contributed by atoms with E-state index in [0.29, 0.717) is 23.3 Å². The normalized spacial score (nSPS) is 15.4. The van der Waals surface area contributed by atoms with Gasteiger partial charge in [-0.2, -0.15) is 4.98 Å². The lowest BCUT2D eigenvalue weighted by molar-refractivity contribution is -0.139. The summed E-state index contributed by atoms with van der Waals surface area (Å²) in [5, 5.41) is 8.67. The monoisotopic (exact) mass is 434 g/mol. The first-order chi connectivity index (χ1) is 15.1. The number of carbonyl (C=O) groups is 1. The minimum Gasteiger partial charge on any atom is -0.463 e. The smallest absolute Gasteiger partial charge is 0.338 e. The number of benzene rings is 2. The third-order valence-corrected chi connectivity index (χ3v) is 6.15. The van der Waals surface area contributed by atoms with Gasteiger partial charge in [0, 0.05) is 11.4 Å². The lowest BCUT2D eigenvalue weighted by atomic mass is 9.95. The van der Waals surface area contributed by atoms with E-state index in [0.717, 1.165) is 23.4 Å². The number of carbonyl (C=O) groups excluding carboxylic acids is 1. The van der Waals surface area contributed by atoms with Crippen LogP contribution in [0.4, 0.5) is 5.95 Å². The van der Waals surface area contributed by atoms with Gasteiger partial charge in [0.05, 0.1) is 12.2 Å². The Kier molecular flexibility index (Phi) is 6.42. The second-order valence-corrected chi connectivity index (χ2v) is 8.26. The molecule has 1 aliphatic heterocycles. The molecule has 0 amide bonds. The summed E-state index contributed by atoms with van der Waals surface area (Å²) in [5.74, 6) is 1.07. The molecule has 6 nitrogen and oxygen atoms in total. The number of fused-ring (bicyclic) bond motifs is 1. The lowest BCUT2D eigenvalue weighted by Gasteiger charge is -2.28. The van der Waals surface area contributed by atoms with Crippen molar-refractivity contribution in [2.24, 2.45) is 0 Å². The fourth-order valence-corrected chi connectivity index (χ4v) is 4.42. The molecular weight excluding hydrogens is 408 g/mol. The summed E-state index contributed by atoms with van der Waals surface area (Å²) in [7, 11) is 0. The quantitative estimate of drug-likeness (QED) is 0.418. The molecule has 0 bridgehead atoms. The van der Waals surface area contributed by atoms with Gasteiger partial charge in [-0.15, -0.1) is 5.10 Å². The molecule has 1 aliphatic rings. The van der Waals surface area contributed by atoms with Crippen molar-refractivity contribution < 1.29 is 9.53 Å². The number of thioether (sulfide) groups is 1. The van der Waals surface area contributed by atoms with Crippen LogP contribution in [0.25, 0.3) is 0 Å². The highest BCUT2D eigenvalue weighted by molar-refractivity contribution is 7.98. The minimum absolute atomic E-state index is 0.319. The van der Waals surface area contributed by atoms with Gasteiger partial charge >= 0.3 is 5.97 Å². The second kappa shape index (κ2) is 9.39. The molecule has 160 valence electrons. The number of anilines is 1. The standard InChI is InChI=1S/C24H26N4O2S/c1-4-17-11-13-19(14-12-17)21-20(22(29)30-5-2)16(3)25-23-26-24(27-28(21)23)31-15-18-9-7-6-8-10-18/h6-14,21H,4-5,15H2,1-3H3,(H,25,26,27). The molecule has 0 radical (unpaired) electrons. The number of nitrogens with one attached hydrogen (secondary N) is 1. The van der Waals surface area contributed by atoms with E-state index in [-0.39, 0.29) is 12.0 Å². The summed E-state index contributed by atoms with van der Waals surface area (Å²) in [6.07, 6.45) is 0.959. The lowest BCUT2D eigenvalue weighted by Crippen LogP contribution is -2.29. The number of nitrogens with zero attached hydrogens (tertiary/aromatic N) is 3. The van der Waals surface area contributed by atoms with E-state index in [1.54, 1.807) is 16.4 Å². The maximum Gasteiger partial charge on any atom is 0.338 e. The third kappa shape index (κ3) is 4.51. The van der Waals surface area contributed by atoms with Gasteiger partial charge in [0.15, 0.2) is 0 Å². The summed E-state index contributed by atoms with van der Waals surface area (Å²) in [4.78, 5) is 17.5. The number of allylic oxidation sites excluding steroid dienone is 1. The Hall–Kier alpha value is -3.06. The SMILES string of the molecule is CCOC(=O)C1=C(C)Nc2nc(SCc3ccccc3)nn2C1c1ccc(CC)cc1. The molecule has 4 rings (SSSR count). The summed E-state index contributed by atoms with van der Waals surface area (Å²) in [6.45, 7) is 6.14. The van der Waals surface area contributed by atoms with Crippen molar-refractivity contribution in [3.05, 3.63) is 82.6 Å². The summed E-state index contributed by atoms with van der Waals surface area (Å²) in [5.41, 5.74) is 4.73. The Morgan fingerprint density at radius 1 is 1.10 bits per heavy atom. The van der Waals surface area contributed by atoms with Gasteiger partial charge in [0.1, 0.15) is 6.04 Å². The Balaban J connectivity index is 1.70. The van der Waals surface area contributed by atoms with E-state index in [9.17, 15) is 4.79 Å². The first-order valence-electron chi connectivity index (χ1n) is 10.5. The number of aromatic nitrogens is 3. The molecule has 0 aliphatic carbocycles. The molecule has 0 fully saturated rings. The van der Waals surface area contributed by atoms with Crippen molar-refractivity contribution in [3.63, 3.8) is 0 Å². The largest absolute Gasteiger partial charge is 0.463 e. The number of aryl methyl sites for hydroxylation is 1. The highest BCUT2D eigenvalue weighted by Crippen LogP contribution is 2.37. The van der Waals surface area contributed by atoms with Crippen molar-refractivity contribution in [1.82, 2.24) is 14.8 Å². The van der Waals surface area contributed by atoms with Crippen LogP contribution in [0.15, 0.2) is 71.0 Å². The fraction of sp³-hybridized carbons (Fsp3) is 0.292. The average molecular weight is 435 g/mol. The number of ether oxygens (including phenoxy) is 1. The minimum atomic E-state index is -0.389. The number of hydrogen-bond acceptors (Lipinski definition) is 6. The molecular formula is C24H26N4O2S. The highest BCUT2D eigenvalue weighted by atomic mass is 32.2. The van der Waals surface area contributed by atoms with Crippen molar-refractivity contribution >= 4 is 23.7 Å². The Labute approximate surface area is 186 Å². The van der Waals surface area contributed by atoms with Crippen molar-refractivity contribution in [3.8, 4) is 0 Å². The molecule has 7 heteroatoms. The Morgan fingerprint density at radius 2 is 1.84 bits per heavy atom. The molecule has 0 spiro atoms. The van der Waals surface area contributed by atoms with Crippen LogP contribution in [0.2, 0.25) is 0 Å². The van der Waals surface area contributed by atoms with Crippen molar-refractivity contribution in [2.75, 3.05) is 11.9 Å². The van der Waals surface area contributed by atoms with Crippen molar-refractivity contribution in [1.29, 1.82) is 0 Å². The van der Waals surface area contributed by atoms with Crippen LogP contribution < -0.4 is 5.32 Å². The second-order valence-electron chi connectivity index (χ2n) is 7.32. The molecule has 0 saturated heterocycles. The Bertz CT molecular complexity index is 1090. The van der Waals surface area contributed by atoms with Gasteiger partial charge in [0.25, 0.3) is 0 Å². The van der Waals surface area contributed by atoms with Gasteiger partial charge < -0.3 is 10.1 Å². The molecule has 3 aromatic rings. The van der Waals surface area contributed by atoms with Crippen LogP contribution in [0.3, 0.4) is 0 Å². The molecule has 1 aromatic heterocycles.